The van der Waals surface area contributed by atoms with Gasteiger partial charge in [-0.1, -0.05) is 0 Å². The molecule has 0 saturated carbocycles. The minimum Gasteiger partial charge on any atom is -0.459 e. The Labute approximate surface area is 178 Å². The minimum absolute atomic E-state index is 0.0917. The molecule has 2 heterocycles. The van der Waals surface area contributed by atoms with E-state index in [1.807, 2.05) is 6.92 Å². The van der Waals surface area contributed by atoms with Gasteiger partial charge in [-0.2, -0.15) is 0 Å². The number of nitrogens with one attached hydrogen (secondary N) is 3. The number of hydrogen-bond acceptors (Lipinski definition) is 6. The lowest BCUT2D eigenvalue weighted by Gasteiger charge is -2.13. The van der Waals surface area contributed by atoms with E-state index < -0.39 is 11.8 Å². The van der Waals surface area contributed by atoms with Crippen LogP contribution in [0.1, 0.15) is 44.8 Å². The van der Waals surface area contributed by atoms with Crippen molar-refractivity contribution in [2.24, 2.45) is 0 Å². The van der Waals surface area contributed by atoms with Gasteiger partial charge in [-0.15, -0.1) is 0 Å². The van der Waals surface area contributed by atoms with E-state index in [-0.39, 0.29) is 23.1 Å². The Hall–Kier alpha value is -3.85. The fourth-order valence-corrected chi connectivity index (χ4v) is 2.70. The van der Waals surface area contributed by atoms with Gasteiger partial charge < -0.3 is 29.5 Å². The third kappa shape index (κ3) is 6.06. The largest absolute Gasteiger partial charge is 0.459 e. The maximum atomic E-state index is 12.5. The molecule has 31 heavy (non-hydrogen) atoms. The zero-order chi connectivity index (χ0) is 22.1. The Morgan fingerprint density at radius 1 is 0.871 bits per heavy atom. The number of carbonyl (C=O) groups excluding carboxylic acids is 3. The van der Waals surface area contributed by atoms with Crippen molar-refractivity contribution in [2.75, 3.05) is 30.4 Å². The van der Waals surface area contributed by atoms with Crippen molar-refractivity contribution < 1.29 is 28.0 Å². The van der Waals surface area contributed by atoms with Gasteiger partial charge in [-0.05, 0) is 55.8 Å². The molecule has 0 unspecified atom stereocenters. The second-order valence-electron chi connectivity index (χ2n) is 6.43. The van der Waals surface area contributed by atoms with Crippen LogP contribution in [-0.4, -0.2) is 37.5 Å². The van der Waals surface area contributed by atoms with Crippen molar-refractivity contribution in [2.45, 2.75) is 13.3 Å². The molecule has 0 spiro atoms. The normalized spacial score (nSPS) is 10.5. The average Bonchev–Trinajstić information content (AvgIpc) is 3.49. The summed E-state index contributed by atoms with van der Waals surface area (Å²) in [6.45, 7) is 3.53. The molecule has 3 N–H and O–H groups in total. The van der Waals surface area contributed by atoms with E-state index in [2.05, 4.69) is 16.0 Å². The van der Waals surface area contributed by atoms with Gasteiger partial charge in [0, 0.05) is 25.3 Å². The SMILES string of the molecule is CCOCCCNC(=O)c1ccc(NC(=O)c2ccco2)c(NC(=O)c2ccco2)c1. The van der Waals surface area contributed by atoms with Gasteiger partial charge in [-0.25, -0.2) is 0 Å². The van der Waals surface area contributed by atoms with Gasteiger partial charge in [-0.3, -0.25) is 14.4 Å². The highest BCUT2D eigenvalue weighted by Gasteiger charge is 2.17. The molecule has 3 amide bonds. The third-order valence-electron chi connectivity index (χ3n) is 4.22. The molecule has 2 aromatic heterocycles. The Kier molecular flexibility index (Phi) is 7.61. The number of ether oxygens (including phenoxy) is 1. The summed E-state index contributed by atoms with van der Waals surface area (Å²) in [4.78, 5) is 37.3. The molecular formula is C22H23N3O6. The molecule has 162 valence electrons. The second kappa shape index (κ2) is 10.8. The number of rotatable bonds is 10. The lowest BCUT2D eigenvalue weighted by atomic mass is 10.1. The Morgan fingerprint density at radius 2 is 1.52 bits per heavy atom. The first-order valence-electron chi connectivity index (χ1n) is 9.78. The fraction of sp³-hybridized carbons (Fsp3) is 0.227. The van der Waals surface area contributed by atoms with Crippen molar-refractivity contribution >= 4 is 29.1 Å². The van der Waals surface area contributed by atoms with Gasteiger partial charge in [0.25, 0.3) is 17.7 Å². The summed E-state index contributed by atoms with van der Waals surface area (Å²) in [7, 11) is 0. The Morgan fingerprint density at radius 3 is 2.10 bits per heavy atom. The number of anilines is 2. The van der Waals surface area contributed by atoms with Crippen LogP contribution in [0.5, 0.6) is 0 Å². The molecule has 9 heteroatoms. The van der Waals surface area contributed by atoms with Gasteiger partial charge in [0.05, 0.1) is 23.9 Å². The molecule has 0 saturated heterocycles. The first-order chi connectivity index (χ1) is 15.1. The summed E-state index contributed by atoms with van der Waals surface area (Å²) < 4.78 is 15.4. The van der Waals surface area contributed by atoms with Crippen LogP contribution in [0.15, 0.2) is 63.8 Å². The van der Waals surface area contributed by atoms with Crippen LogP contribution >= 0.6 is 0 Å². The number of furan rings is 2. The number of benzene rings is 1. The molecule has 0 aliphatic heterocycles. The Balaban J connectivity index is 1.76. The molecule has 0 radical (unpaired) electrons. The quantitative estimate of drug-likeness (QED) is 0.427. The zero-order valence-corrected chi connectivity index (χ0v) is 17.0. The van der Waals surface area contributed by atoms with Gasteiger partial charge in [0.1, 0.15) is 0 Å². The standard InChI is InChI=1S/C22H23N3O6/c1-2-29-11-5-10-23-20(26)15-8-9-16(24-21(27)18-6-3-12-30-18)17(14-15)25-22(28)19-7-4-13-31-19/h3-4,6-9,12-14H,2,5,10-11H2,1H3,(H,23,26)(H,24,27)(H,25,28). The van der Waals surface area contributed by atoms with Gasteiger partial charge in [0.15, 0.2) is 11.5 Å². The molecule has 0 fully saturated rings. The van der Waals surface area contributed by atoms with E-state index in [9.17, 15) is 14.4 Å². The van der Waals surface area contributed by atoms with Gasteiger partial charge >= 0.3 is 0 Å². The fourth-order valence-electron chi connectivity index (χ4n) is 2.70. The monoisotopic (exact) mass is 425 g/mol. The van der Waals surface area contributed by atoms with E-state index in [4.69, 9.17) is 13.6 Å². The summed E-state index contributed by atoms with van der Waals surface area (Å²) in [6.07, 6.45) is 3.44. The van der Waals surface area contributed by atoms with Gasteiger partial charge in [0.2, 0.25) is 0 Å². The van der Waals surface area contributed by atoms with Crippen molar-refractivity contribution in [1.82, 2.24) is 5.32 Å². The summed E-state index contributed by atoms with van der Waals surface area (Å²) in [5.41, 5.74) is 0.861. The smallest absolute Gasteiger partial charge is 0.291 e. The summed E-state index contributed by atoms with van der Waals surface area (Å²) in [6, 6.07) is 10.8. The van der Waals surface area contributed by atoms with Crippen LogP contribution < -0.4 is 16.0 Å². The van der Waals surface area contributed by atoms with E-state index in [1.165, 1.54) is 36.8 Å². The van der Waals surface area contributed by atoms with E-state index in [1.54, 1.807) is 18.2 Å². The molecule has 0 bridgehead atoms. The third-order valence-corrected chi connectivity index (χ3v) is 4.22. The molecule has 9 nitrogen and oxygen atoms in total. The molecular weight excluding hydrogens is 402 g/mol. The molecule has 3 aromatic rings. The number of carbonyl (C=O) groups is 3. The molecule has 3 rings (SSSR count). The molecule has 0 atom stereocenters. The van der Waals surface area contributed by atoms with Crippen LogP contribution in [0.2, 0.25) is 0 Å². The van der Waals surface area contributed by atoms with Crippen LogP contribution in [0.3, 0.4) is 0 Å². The van der Waals surface area contributed by atoms with Crippen molar-refractivity contribution in [3.05, 3.63) is 72.1 Å². The first kappa shape index (κ1) is 21.8. The maximum Gasteiger partial charge on any atom is 0.291 e. The summed E-state index contributed by atoms with van der Waals surface area (Å²) in [5, 5.41) is 8.13. The Bertz CT molecular complexity index is 1010. The second-order valence-corrected chi connectivity index (χ2v) is 6.43. The van der Waals surface area contributed by atoms with Crippen LogP contribution in [-0.2, 0) is 4.74 Å². The average molecular weight is 425 g/mol. The highest BCUT2D eigenvalue weighted by atomic mass is 16.5. The van der Waals surface area contributed by atoms with Crippen LogP contribution in [0, 0.1) is 0 Å². The highest BCUT2D eigenvalue weighted by Crippen LogP contribution is 2.25. The van der Waals surface area contributed by atoms with Crippen LogP contribution in [0.4, 0.5) is 11.4 Å². The molecule has 1 aromatic carbocycles. The van der Waals surface area contributed by atoms with E-state index >= 15 is 0 Å². The number of hydrogen-bond donors (Lipinski definition) is 3. The minimum atomic E-state index is -0.521. The highest BCUT2D eigenvalue weighted by molar-refractivity contribution is 6.09. The topological polar surface area (TPSA) is 123 Å². The summed E-state index contributed by atoms with van der Waals surface area (Å²) >= 11 is 0. The first-order valence-corrected chi connectivity index (χ1v) is 9.78. The predicted octanol–water partition coefficient (Wildman–Crippen LogP) is 3.53. The van der Waals surface area contributed by atoms with Crippen LogP contribution in [0.25, 0.3) is 0 Å². The molecule has 0 aliphatic rings. The zero-order valence-electron chi connectivity index (χ0n) is 17.0. The lowest BCUT2D eigenvalue weighted by molar-refractivity contribution is 0.0942. The van der Waals surface area contributed by atoms with Crippen molar-refractivity contribution in [3.8, 4) is 0 Å². The molecule has 0 aliphatic carbocycles. The maximum absolute atomic E-state index is 12.5. The predicted molar refractivity (Wildman–Crippen MR) is 113 cm³/mol. The number of amides is 3. The lowest BCUT2D eigenvalue weighted by Crippen LogP contribution is -2.25. The van der Waals surface area contributed by atoms with Crippen molar-refractivity contribution in [1.29, 1.82) is 0 Å². The van der Waals surface area contributed by atoms with E-state index in [0.29, 0.717) is 37.4 Å². The van der Waals surface area contributed by atoms with E-state index in [0.717, 1.165) is 0 Å². The van der Waals surface area contributed by atoms with Crippen molar-refractivity contribution in [3.63, 3.8) is 0 Å². The summed E-state index contributed by atoms with van der Waals surface area (Å²) in [5.74, 6) is -1.12.